The Morgan fingerprint density at radius 3 is 2.27 bits per heavy atom. The molecule has 2 rings (SSSR count). The molecule has 0 radical (unpaired) electrons. The van der Waals surface area contributed by atoms with Gasteiger partial charge in [-0.1, -0.05) is 29.3 Å². The fourth-order valence-electron chi connectivity index (χ4n) is 2.16. The van der Waals surface area contributed by atoms with Crippen LogP contribution in [0.4, 0.5) is 24.5 Å². The quantitative estimate of drug-likeness (QED) is 0.739. The largest absolute Gasteiger partial charge is 0.416 e. The van der Waals surface area contributed by atoms with Crippen molar-refractivity contribution in [2.24, 2.45) is 0 Å². The Morgan fingerprint density at radius 2 is 1.69 bits per heavy atom. The highest BCUT2D eigenvalue weighted by Gasteiger charge is 2.31. The molecule has 2 aromatic carbocycles. The molecule has 0 aliphatic rings. The van der Waals surface area contributed by atoms with E-state index in [9.17, 15) is 22.8 Å². The molecule has 0 aliphatic heterocycles. The lowest BCUT2D eigenvalue weighted by atomic mass is 10.1. The second kappa shape index (κ2) is 7.97. The maximum Gasteiger partial charge on any atom is 0.416 e. The molecule has 2 amide bonds. The maximum atomic E-state index is 12.9. The first-order chi connectivity index (χ1) is 12.1. The summed E-state index contributed by atoms with van der Waals surface area (Å²) in [6.07, 6.45) is -4.76. The van der Waals surface area contributed by atoms with Crippen LogP contribution in [-0.2, 0) is 22.2 Å². The molecular formula is C17H13Cl2F3N2O2. The van der Waals surface area contributed by atoms with Crippen LogP contribution in [0.25, 0.3) is 0 Å². The Labute approximate surface area is 157 Å². The van der Waals surface area contributed by atoms with E-state index in [4.69, 9.17) is 23.2 Å². The molecule has 0 saturated heterocycles. The molecule has 138 valence electrons. The van der Waals surface area contributed by atoms with Gasteiger partial charge in [0.2, 0.25) is 11.8 Å². The van der Waals surface area contributed by atoms with Crippen molar-refractivity contribution in [3.05, 3.63) is 57.6 Å². The fourth-order valence-corrected chi connectivity index (χ4v) is 2.63. The molecule has 9 heteroatoms. The van der Waals surface area contributed by atoms with Crippen molar-refractivity contribution >= 4 is 46.4 Å². The number of halogens is 5. The van der Waals surface area contributed by atoms with Gasteiger partial charge in [0.25, 0.3) is 0 Å². The van der Waals surface area contributed by atoms with Gasteiger partial charge in [0.1, 0.15) is 0 Å². The van der Waals surface area contributed by atoms with Gasteiger partial charge in [-0.15, -0.1) is 0 Å². The minimum atomic E-state index is -4.59. The van der Waals surface area contributed by atoms with Gasteiger partial charge < -0.3 is 10.6 Å². The summed E-state index contributed by atoms with van der Waals surface area (Å²) in [5, 5.41) is 5.41. The third kappa shape index (κ3) is 5.37. The Hall–Kier alpha value is -2.25. The number of alkyl halides is 3. The number of hydrogen-bond donors (Lipinski definition) is 2. The Bertz CT molecular complexity index is 854. The summed E-state index contributed by atoms with van der Waals surface area (Å²) in [4.78, 5) is 23.4. The van der Waals surface area contributed by atoms with Crippen molar-refractivity contribution in [2.45, 2.75) is 19.5 Å². The lowest BCUT2D eigenvalue weighted by molar-refractivity contribution is -0.137. The van der Waals surface area contributed by atoms with Crippen molar-refractivity contribution in [1.29, 1.82) is 0 Å². The normalized spacial score (nSPS) is 11.2. The van der Waals surface area contributed by atoms with E-state index >= 15 is 0 Å². The van der Waals surface area contributed by atoms with Gasteiger partial charge in [-0.3, -0.25) is 9.59 Å². The number of amides is 2. The summed E-state index contributed by atoms with van der Waals surface area (Å²) in [5.41, 5.74) is -0.598. The monoisotopic (exact) mass is 404 g/mol. The van der Waals surface area contributed by atoms with E-state index in [2.05, 4.69) is 10.6 Å². The second-order valence-corrected chi connectivity index (χ2v) is 6.24. The predicted octanol–water partition coefficient (Wildman–Crippen LogP) is 5.15. The predicted molar refractivity (Wildman–Crippen MR) is 94.5 cm³/mol. The molecule has 0 atom stereocenters. The van der Waals surface area contributed by atoms with Gasteiger partial charge in [-0.05, 0) is 35.9 Å². The van der Waals surface area contributed by atoms with E-state index < -0.39 is 23.6 Å². The van der Waals surface area contributed by atoms with Crippen LogP contribution in [-0.4, -0.2) is 11.8 Å². The number of carbonyl (C=O) groups excluding carboxylic acids is 2. The SMILES string of the molecule is CC(=O)Nc1ccc(C(F)(F)F)cc1NC(=O)Cc1ccc(Cl)cc1Cl. The Morgan fingerprint density at radius 1 is 1.00 bits per heavy atom. The van der Waals surface area contributed by atoms with Crippen molar-refractivity contribution < 1.29 is 22.8 Å². The average Bonchev–Trinajstić information content (AvgIpc) is 2.50. The van der Waals surface area contributed by atoms with Crippen LogP contribution in [0, 0.1) is 0 Å². The van der Waals surface area contributed by atoms with Crippen LogP contribution in [0.5, 0.6) is 0 Å². The highest BCUT2D eigenvalue weighted by molar-refractivity contribution is 6.35. The number of anilines is 2. The lowest BCUT2D eigenvalue weighted by Crippen LogP contribution is -2.18. The number of rotatable bonds is 4. The number of hydrogen-bond acceptors (Lipinski definition) is 2. The summed E-state index contributed by atoms with van der Waals surface area (Å²) in [6, 6.07) is 7.20. The minimum Gasteiger partial charge on any atom is -0.325 e. The van der Waals surface area contributed by atoms with Gasteiger partial charge in [0, 0.05) is 17.0 Å². The van der Waals surface area contributed by atoms with Gasteiger partial charge >= 0.3 is 6.18 Å². The first-order valence-electron chi connectivity index (χ1n) is 7.29. The van der Waals surface area contributed by atoms with Gasteiger partial charge in [-0.25, -0.2) is 0 Å². The molecule has 0 spiro atoms. The third-order valence-corrected chi connectivity index (χ3v) is 3.88. The van der Waals surface area contributed by atoms with Crippen molar-refractivity contribution in [2.75, 3.05) is 10.6 Å². The molecule has 0 heterocycles. The molecule has 0 saturated carbocycles. The van der Waals surface area contributed by atoms with Gasteiger partial charge in [-0.2, -0.15) is 13.2 Å². The summed E-state index contributed by atoms with van der Waals surface area (Å²) in [7, 11) is 0. The van der Waals surface area contributed by atoms with E-state index in [1.54, 1.807) is 12.1 Å². The first kappa shape index (κ1) is 20.1. The van der Waals surface area contributed by atoms with E-state index in [1.807, 2.05) is 0 Å². The summed E-state index contributed by atoms with van der Waals surface area (Å²) >= 11 is 11.8. The molecule has 0 aliphatic carbocycles. The van der Waals surface area contributed by atoms with E-state index in [0.29, 0.717) is 10.6 Å². The number of benzene rings is 2. The lowest BCUT2D eigenvalue weighted by Gasteiger charge is -2.15. The van der Waals surface area contributed by atoms with E-state index in [-0.39, 0.29) is 22.8 Å². The van der Waals surface area contributed by atoms with Crippen LogP contribution < -0.4 is 10.6 Å². The van der Waals surface area contributed by atoms with Crippen molar-refractivity contribution in [3.8, 4) is 0 Å². The molecule has 26 heavy (non-hydrogen) atoms. The topological polar surface area (TPSA) is 58.2 Å². The highest BCUT2D eigenvalue weighted by atomic mass is 35.5. The number of nitrogens with one attached hydrogen (secondary N) is 2. The van der Waals surface area contributed by atoms with E-state index in [0.717, 1.165) is 18.2 Å². The zero-order valence-corrected chi connectivity index (χ0v) is 14.9. The van der Waals surface area contributed by atoms with Crippen LogP contribution >= 0.6 is 23.2 Å². The smallest absolute Gasteiger partial charge is 0.325 e. The van der Waals surface area contributed by atoms with Crippen molar-refractivity contribution in [3.63, 3.8) is 0 Å². The Kier molecular flexibility index (Phi) is 6.15. The molecule has 0 bridgehead atoms. The Balaban J connectivity index is 2.27. The maximum absolute atomic E-state index is 12.9. The molecule has 2 aromatic rings. The fraction of sp³-hybridized carbons (Fsp3) is 0.176. The number of carbonyl (C=O) groups is 2. The summed E-state index contributed by atoms with van der Waals surface area (Å²) < 4.78 is 38.7. The molecule has 2 N–H and O–H groups in total. The minimum absolute atomic E-state index is 0.0565. The molecule has 0 unspecified atom stereocenters. The molecule has 0 fully saturated rings. The van der Waals surface area contributed by atoms with Gasteiger partial charge in [0.15, 0.2) is 0 Å². The van der Waals surface area contributed by atoms with Crippen molar-refractivity contribution in [1.82, 2.24) is 0 Å². The highest BCUT2D eigenvalue weighted by Crippen LogP contribution is 2.34. The van der Waals surface area contributed by atoms with Crippen LogP contribution in [0.15, 0.2) is 36.4 Å². The molecule has 4 nitrogen and oxygen atoms in total. The van der Waals surface area contributed by atoms with Gasteiger partial charge in [0.05, 0.1) is 23.4 Å². The zero-order chi connectivity index (χ0) is 19.5. The second-order valence-electron chi connectivity index (χ2n) is 5.40. The van der Waals surface area contributed by atoms with E-state index in [1.165, 1.54) is 13.0 Å². The first-order valence-corrected chi connectivity index (χ1v) is 8.04. The average molecular weight is 405 g/mol. The van der Waals surface area contributed by atoms with Crippen LogP contribution in [0.1, 0.15) is 18.1 Å². The summed E-state index contributed by atoms with van der Waals surface area (Å²) in [6.45, 7) is 1.21. The standard InChI is InChI=1S/C17H13Cl2F3N2O2/c1-9(25)23-14-5-3-11(17(20,21)22)7-15(14)24-16(26)6-10-2-4-12(18)8-13(10)19/h2-5,7-8H,6H2,1H3,(H,23,25)(H,24,26). The molecule has 0 aromatic heterocycles. The van der Waals surface area contributed by atoms with Crippen LogP contribution in [0.3, 0.4) is 0 Å². The zero-order valence-electron chi connectivity index (χ0n) is 13.4. The van der Waals surface area contributed by atoms with Crippen LogP contribution in [0.2, 0.25) is 10.0 Å². The summed E-state index contributed by atoms with van der Waals surface area (Å²) in [5.74, 6) is -1.08. The third-order valence-electron chi connectivity index (χ3n) is 3.30. The molecular weight excluding hydrogens is 392 g/mol.